The Morgan fingerprint density at radius 1 is 1.24 bits per heavy atom. The maximum absolute atomic E-state index is 12.1. The molecule has 5 nitrogen and oxygen atoms in total. The van der Waals surface area contributed by atoms with Gasteiger partial charge in [-0.2, -0.15) is 0 Å². The summed E-state index contributed by atoms with van der Waals surface area (Å²) in [6.07, 6.45) is 0.789. The number of aromatic nitrogens is 1. The van der Waals surface area contributed by atoms with Crippen LogP contribution in [0.25, 0.3) is 0 Å². The fourth-order valence-electron chi connectivity index (χ4n) is 2.02. The van der Waals surface area contributed by atoms with E-state index in [-0.39, 0.29) is 5.91 Å². The Morgan fingerprint density at radius 3 is 2.72 bits per heavy atom. The zero-order chi connectivity index (χ0) is 17.9. The molecular weight excluding hydrogens is 356 g/mol. The Kier molecular flexibility index (Phi) is 8.96. The van der Waals surface area contributed by atoms with Gasteiger partial charge in [0.2, 0.25) is 0 Å². The minimum atomic E-state index is -0.0494. The predicted octanol–water partition coefficient (Wildman–Crippen LogP) is 3.53. The van der Waals surface area contributed by atoms with Crippen LogP contribution in [0, 0.1) is 6.92 Å². The minimum Gasteiger partial charge on any atom is -0.382 e. The molecule has 0 unspecified atom stereocenters. The number of ether oxygens (including phenoxy) is 2. The van der Waals surface area contributed by atoms with E-state index in [1.54, 1.807) is 30.2 Å². The van der Waals surface area contributed by atoms with Crippen molar-refractivity contribution >= 4 is 29.0 Å². The van der Waals surface area contributed by atoms with Gasteiger partial charge >= 0.3 is 0 Å². The van der Waals surface area contributed by atoms with E-state index in [0.717, 1.165) is 22.2 Å². The fourth-order valence-corrected chi connectivity index (χ4v) is 3.82. The number of nitrogens with one attached hydrogen (secondary N) is 1. The summed E-state index contributed by atoms with van der Waals surface area (Å²) in [7, 11) is 1.65. The monoisotopic (exact) mass is 380 g/mol. The molecule has 2 rings (SSSR count). The van der Waals surface area contributed by atoms with E-state index in [2.05, 4.69) is 15.7 Å². The quantitative estimate of drug-likeness (QED) is 0.477. The first-order valence-corrected chi connectivity index (χ1v) is 10.0. The SMILES string of the molecule is COCCOCCCNC(=O)c1ccc(CSc2nc(C)cs2)cc1. The highest BCUT2D eigenvalue weighted by atomic mass is 32.2. The molecule has 1 heterocycles. The van der Waals surface area contributed by atoms with Gasteiger partial charge in [0.25, 0.3) is 5.91 Å². The first kappa shape index (κ1) is 19.9. The Balaban J connectivity index is 1.67. The van der Waals surface area contributed by atoms with Crippen LogP contribution in [0.2, 0.25) is 0 Å². The van der Waals surface area contributed by atoms with Crippen LogP contribution >= 0.6 is 23.1 Å². The van der Waals surface area contributed by atoms with Crippen molar-refractivity contribution < 1.29 is 14.3 Å². The number of hydrogen-bond donors (Lipinski definition) is 1. The number of carbonyl (C=O) groups is 1. The average molecular weight is 381 g/mol. The Bertz CT molecular complexity index is 644. The summed E-state index contributed by atoms with van der Waals surface area (Å²) in [5.74, 6) is 0.805. The lowest BCUT2D eigenvalue weighted by atomic mass is 10.1. The third-order valence-corrected chi connectivity index (χ3v) is 5.57. The molecule has 0 aliphatic rings. The number of aryl methyl sites for hydroxylation is 1. The van der Waals surface area contributed by atoms with Crippen molar-refractivity contribution in [2.75, 3.05) is 33.5 Å². The summed E-state index contributed by atoms with van der Waals surface area (Å²) in [4.78, 5) is 16.5. The van der Waals surface area contributed by atoms with E-state index >= 15 is 0 Å². The average Bonchev–Trinajstić information content (AvgIpc) is 3.05. The number of thiazole rings is 1. The van der Waals surface area contributed by atoms with Gasteiger partial charge in [0.1, 0.15) is 4.34 Å². The number of amides is 1. The van der Waals surface area contributed by atoms with E-state index in [0.29, 0.717) is 31.9 Å². The third kappa shape index (κ3) is 7.56. The topological polar surface area (TPSA) is 60.5 Å². The van der Waals surface area contributed by atoms with Crippen LogP contribution in [0.15, 0.2) is 34.0 Å². The lowest BCUT2D eigenvalue weighted by Crippen LogP contribution is -2.25. The molecule has 136 valence electrons. The van der Waals surface area contributed by atoms with Crippen molar-refractivity contribution in [1.29, 1.82) is 0 Å². The van der Waals surface area contributed by atoms with Crippen LogP contribution in [0.4, 0.5) is 0 Å². The highest BCUT2D eigenvalue weighted by Crippen LogP contribution is 2.26. The lowest BCUT2D eigenvalue weighted by molar-refractivity contribution is 0.0688. The third-order valence-electron chi connectivity index (χ3n) is 3.36. The summed E-state index contributed by atoms with van der Waals surface area (Å²) in [5, 5.41) is 4.96. The Labute approximate surface area is 157 Å². The molecule has 2 aromatic rings. The molecule has 7 heteroatoms. The molecule has 0 aliphatic carbocycles. The van der Waals surface area contributed by atoms with Gasteiger partial charge in [-0.3, -0.25) is 4.79 Å². The van der Waals surface area contributed by atoms with E-state index in [4.69, 9.17) is 9.47 Å². The number of nitrogens with zero attached hydrogens (tertiary/aromatic N) is 1. The molecule has 0 atom stereocenters. The maximum atomic E-state index is 12.1. The molecule has 0 saturated carbocycles. The maximum Gasteiger partial charge on any atom is 0.251 e. The molecule has 0 spiro atoms. The summed E-state index contributed by atoms with van der Waals surface area (Å²) < 4.78 is 11.3. The molecule has 1 amide bonds. The van der Waals surface area contributed by atoms with Crippen molar-refractivity contribution in [3.05, 3.63) is 46.5 Å². The van der Waals surface area contributed by atoms with E-state index < -0.39 is 0 Å². The molecule has 1 N–H and O–H groups in total. The number of thioether (sulfide) groups is 1. The number of hydrogen-bond acceptors (Lipinski definition) is 6. The number of rotatable bonds is 11. The van der Waals surface area contributed by atoms with Crippen molar-refractivity contribution in [2.24, 2.45) is 0 Å². The number of methoxy groups -OCH3 is 1. The molecule has 0 radical (unpaired) electrons. The minimum absolute atomic E-state index is 0.0494. The molecule has 0 bridgehead atoms. The second kappa shape index (κ2) is 11.3. The Hall–Kier alpha value is -1.41. The molecule has 0 aliphatic heterocycles. The standard InChI is InChI=1S/C18H24N2O3S2/c1-14-12-24-18(20-14)25-13-15-4-6-16(7-5-15)17(21)19-8-3-9-23-11-10-22-2/h4-7,12H,3,8-11,13H2,1-2H3,(H,19,21). The van der Waals surface area contributed by atoms with Gasteiger partial charge in [-0.25, -0.2) is 4.98 Å². The smallest absolute Gasteiger partial charge is 0.251 e. The summed E-state index contributed by atoms with van der Waals surface area (Å²) >= 11 is 3.38. The van der Waals surface area contributed by atoms with Crippen LogP contribution in [0.1, 0.15) is 28.0 Å². The first-order valence-electron chi connectivity index (χ1n) is 8.18. The van der Waals surface area contributed by atoms with Crippen molar-refractivity contribution in [3.63, 3.8) is 0 Å². The second-order valence-electron chi connectivity index (χ2n) is 5.46. The van der Waals surface area contributed by atoms with Gasteiger partial charge in [-0.15, -0.1) is 11.3 Å². The van der Waals surface area contributed by atoms with Gasteiger partial charge in [-0.05, 0) is 31.0 Å². The van der Waals surface area contributed by atoms with Crippen molar-refractivity contribution in [1.82, 2.24) is 10.3 Å². The highest BCUT2D eigenvalue weighted by molar-refractivity contribution is 8.00. The Morgan fingerprint density at radius 2 is 2.04 bits per heavy atom. The normalized spacial score (nSPS) is 10.8. The largest absolute Gasteiger partial charge is 0.382 e. The lowest BCUT2D eigenvalue weighted by Gasteiger charge is -2.07. The van der Waals surface area contributed by atoms with E-state index in [9.17, 15) is 4.79 Å². The summed E-state index contributed by atoms with van der Waals surface area (Å²) in [6, 6.07) is 7.73. The van der Waals surface area contributed by atoms with E-state index in [1.807, 2.05) is 31.2 Å². The van der Waals surface area contributed by atoms with E-state index in [1.165, 1.54) is 5.56 Å². The fraction of sp³-hybridized carbons (Fsp3) is 0.444. The molecule has 0 saturated heterocycles. The van der Waals surface area contributed by atoms with Crippen LogP contribution in [-0.2, 0) is 15.2 Å². The molecule has 1 aromatic heterocycles. The second-order valence-corrected chi connectivity index (χ2v) is 7.54. The van der Waals surface area contributed by atoms with Crippen molar-refractivity contribution in [2.45, 2.75) is 23.4 Å². The van der Waals surface area contributed by atoms with Gasteiger partial charge < -0.3 is 14.8 Å². The number of carbonyl (C=O) groups excluding carboxylic acids is 1. The van der Waals surface area contributed by atoms with Crippen molar-refractivity contribution in [3.8, 4) is 0 Å². The zero-order valence-corrected chi connectivity index (χ0v) is 16.3. The predicted molar refractivity (Wildman–Crippen MR) is 102 cm³/mol. The molecular formula is C18H24N2O3S2. The summed E-state index contributed by atoms with van der Waals surface area (Å²) in [6.45, 7) is 4.41. The van der Waals surface area contributed by atoms with Gasteiger partial charge in [0.15, 0.2) is 0 Å². The molecule has 25 heavy (non-hydrogen) atoms. The highest BCUT2D eigenvalue weighted by Gasteiger charge is 2.06. The first-order chi connectivity index (χ1) is 12.2. The van der Waals surface area contributed by atoms with Gasteiger partial charge in [0.05, 0.1) is 13.2 Å². The van der Waals surface area contributed by atoms with Gasteiger partial charge in [-0.1, -0.05) is 23.9 Å². The summed E-state index contributed by atoms with van der Waals surface area (Å²) in [5.41, 5.74) is 2.92. The zero-order valence-electron chi connectivity index (χ0n) is 14.6. The van der Waals surface area contributed by atoms with Crippen LogP contribution < -0.4 is 5.32 Å². The van der Waals surface area contributed by atoms with Crippen LogP contribution in [0.5, 0.6) is 0 Å². The molecule has 0 fully saturated rings. The molecule has 1 aromatic carbocycles. The number of benzene rings is 1. The van der Waals surface area contributed by atoms with Crippen LogP contribution in [-0.4, -0.2) is 44.4 Å². The van der Waals surface area contributed by atoms with Crippen LogP contribution in [0.3, 0.4) is 0 Å². The van der Waals surface area contributed by atoms with Gasteiger partial charge in [0, 0.05) is 42.7 Å².